The molecule has 3 atom stereocenters. The van der Waals surface area contributed by atoms with Gasteiger partial charge >= 0.3 is 24.0 Å². The molecular weight excluding hydrogens is 841 g/mol. The maximum absolute atomic E-state index is 13.8. The third-order valence-electron chi connectivity index (χ3n) is 13.3. The lowest BCUT2D eigenvalue weighted by Gasteiger charge is -2.26. The number of amides is 1. The van der Waals surface area contributed by atoms with Crippen LogP contribution in [0.2, 0.25) is 0 Å². The number of hydrogen-bond donors (Lipinski definition) is 0. The molecule has 0 saturated carbocycles. The van der Waals surface area contributed by atoms with Gasteiger partial charge in [-0.25, -0.2) is 4.79 Å². The van der Waals surface area contributed by atoms with E-state index in [2.05, 4.69) is 39.5 Å². The molecule has 0 aliphatic rings. The van der Waals surface area contributed by atoms with E-state index in [4.69, 9.17) is 18.9 Å². The summed E-state index contributed by atoms with van der Waals surface area (Å²) in [6.45, 7) is 14.3. The molecule has 10 nitrogen and oxygen atoms in total. The van der Waals surface area contributed by atoms with Crippen molar-refractivity contribution in [2.75, 3.05) is 53.6 Å². The van der Waals surface area contributed by atoms with Gasteiger partial charge in [-0.15, -0.1) is 0 Å². The Balaban J connectivity index is 5.14. The topological polar surface area (TPSA) is 112 Å². The maximum Gasteiger partial charge on any atom is 0.410 e. The van der Waals surface area contributed by atoms with Crippen LogP contribution >= 0.6 is 0 Å². The van der Waals surface area contributed by atoms with Gasteiger partial charge in [0.05, 0.1) is 26.2 Å². The molecule has 3 unspecified atom stereocenters. The fourth-order valence-corrected chi connectivity index (χ4v) is 8.78. The summed E-state index contributed by atoms with van der Waals surface area (Å²) in [5.41, 5.74) is 0. The van der Waals surface area contributed by atoms with Crippen molar-refractivity contribution in [1.82, 2.24) is 9.80 Å². The molecule has 0 radical (unpaired) electrons. The third kappa shape index (κ3) is 43.4. The first kappa shape index (κ1) is 64.6. The first-order valence-corrected chi connectivity index (χ1v) is 28.7. The Morgan fingerprint density at radius 3 is 1.24 bits per heavy atom. The third-order valence-corrected chi connectivity index (χ3v) is 13.3. The number of carbonyl (C=O) groups excluding carboxylic acids is 4. The molecule has 0 N–H and O–H groups in total. The lowest BCUT2D eigenvalue weighted by molar-refractivity contribution is -0.146. The molecule has 0 aliphatic heterocycles. The highest BCUT2D eigenvalue weighted by Gasteiger charge is 2.22. The largest absolute Gasteiger partial charge is 0.466 e. The molecule has 0 aromatic carbocycles. The van der Waals surface area contributed by atoms with E-state index in [0.717, 1.165) is 135 Å². The lowest BCUT2D eigenvalue weighted by atomic mass is 9.96. The zero-order chi connectivity index (χ0) is 49.4. The van der Waals surface area contributed by atoms with E-state index in [1.54, 1.807) is 4.90 Å². The van der Waals surface area contributed by atoms with Crippen LogP contribution in [0.4, 0.5) is 4.79 Å². The quantitative estimate of drug-likeness (QED) is 0.0334. The van der Waals surface area contributed by atoms with Gasteiger partial charge in [0.15, 0.2) is 0 Å². The van der Waals surface area contributed by atoms with Gasteiger partial charge in [0.25, 0.3) is 0 Å². The monoisotopic (exact) mass is 951 g/mol. The van der Waals surface area contributed by atoms with Gasteiger partial charge < -0.3 is 28.7 Å². The second-order valence-electron chi connectivity index (χ2n) is 20.2. The van der Waals surface area contributed by atoms with E-state index in [1.165, 1.54) is 89.9 Å². The van der Waals surface area contributed by atoms with Crippen LogP contribution in [0.3, 0.4) is 0 Å². The molecule has 0 aliphatic carbocycles. The van der Waals surface area contributed by atoms with Gasteiger partial charge in [0, 0.05) is 25.9 Å². The van der Waals surface area contributed by atoms with Gasteiger partial charge in [-0.05, 0) is 110 Å². The highest BCUT2D eigenvalue weighted by molar-refractivity contribution is 5.72. The number of nitrogens with zero attached hydrogens (tertiary/aromatic N) is 2. The molecule has 1 amide bonds. The van der Waals surface area contributed by atoms with Crippen LogP contribution < -0.4 is 0 Å². The second-order valence-corrected chi connectivity index (χ2v) is 20.2. The summed E-state index contributed by atoms with van der Waals surface area (Å²) in [6, 6.07) is 0. The number of carbonyl (C=O) groups is 4. The summed E-state index contributed by atoms with van der Waals surface area (Å²) in [7, 11) is 4.05. The summed E-state index contributed by atoms with van der Waals surface area (Å²) in [4.78, 5) is 55.5. The number of hydrogen-bond acceptors (Lipinski definition) is 9. The Morgan fingerprint density at radius 2 is 0.761 bits per heavy atom. The molecule has 396 valence electrons. The standard InChI is InChI=1S/C57H110N2O8/c1-8-13-18-27-34-48-64-56(62)44-47-59(46-35-45-58(6)7)57(63)67-53(41-31-25-26-33-43-55(61)66-50-52(37-17-12-5)39-29-20-15-10-3)40-30-23-21-22-24-32-42-54(60)65-49-51(36-16-11-4)38-28-19-14-9-2/h51-53H,8-50H2,1-7H3. The van der Waals surface area contributed by atoms with Crippen LogP contribution in [-0.4, -0.2) is 93.5 Å². The average molecular weight is 952 g/mol. The van der Waals surface area contributed by atoms with Gasteiger partial charge in [-0.3, -0.25) is 14.4 Å². The van der Waals surface area contributed by atoms with Crippen LogP contribution in [0.5, 0.6) is 0 Å². The Morgan fingerprint density at radius 1 is 0.373 bits per heavy atom. The van der Waals surface area contributed by atoms with E-state index in [9.17, 15) is 19.2 Å². The Labute approximate surface area is 414 Å². The smallest absolute Gasteiger partial charge is 0.410 e. The summed E-state index contributed by atoms with van der Waals surface area (Å²) < 4.78 is 23.3. The molecule has 0 bridgehead atoms. The van der Waals surface area contributed by atoms with Crippen molar-refractivity contribution in [1.29, 1.82) is 0 Å². The van der Waals surface area contributed by atoms with Crippen LogP contribution in [0.25, 0.3) is 0 Å². The first-order chi connectivity index (χ1) is 32.6. The number of esters is 3. The SMILES string of the molecule is CCCCCCCOC(=O)CCN(CCCN(C)C)C(=O)OC(CCCCCCCCC(=O)OCC(CCCC)CCCCCC)CCCCCCC(=O)OCC(CCCC)CCCCCC. The van der Waals surface area contributed by atoms with E-state index in [0.29, 0.717) is 51.0 Å². The van der Waals surface area contributed by atoms with Crippen LogP contribution in [0.15, 0.2) is 0 Å². The van der Waals surface area contributed by atoms with E-state index >= 15 is 0 Å². The Hall–Kier alpha value is -2.36. The summed E-state index contributed by atoms with van der Waals surface area (Å²) in [5, 5.41) is 0. The molecule has 0 spiro atoms. The van der Waals surface area contributed by atoms with Crippen molar-refractivity contribution in [2.45, 2.75) is 278 Å². The minimum Gasteiger partial charge on any atom is -0.466 e. The summed E-state index contributed by atoms with van der Waals surface area (Å²) >= 11 is 0. The summed E-state index contributed by atoms with van der Waals surface area (Å²) in [5.74, 6) is 0.575. The zero-order valence-electron chi connectivity index (χ0n) is 45.3. The first-order valence-electron chi connectivity index (χ1n) is 28.7. The normalized spacial score (nSPS) is 12.8. The lowest BCUT2D eigenvalue weighted by Crippen LogP contribution is -2.37. The van der Waals surface area contributed by atoms with E-state index in [1.807, 2.05) is 14.1 Å². The Kier molecular flexibility index (Phi) is 46.9. The molecule has 67 heavy (non-hydrogen) atoms. The highest BCUT2D eigenvalue weighted by atomic mass is 16.6. The van der Waals surface area contributed by atoms with Crippen molar-refractivity contribution in [3.8, 4) is 0 Å². The van der Waals surface area contributed by atoms with Crippen molar-refractivity contribution >= 4 is 24.0 Å². The van der Waals surface area contributed by atoms with E-state index in [-0.39, 0.29) is 43.1 Å². The predicted octanol–water partition coefficient (Wildman–Crippen LogP) is 15.8. The van der Waals surface area contributed by atoms with Crippen molar-refractivity contribution in [2.24, 2.45) is 11.8 Å². The molecule has 0 aromatic heterocycles. The molecule has 0 saturated heterocycles. The van der Waals surface area contributed by atoms with Crippen molar-refractivity contribution in [3.63, 3.8) is 0 Å². The van der Waals surface area contributed by atoms with Crippen LogP contribution in [-0.2, 0) is 33.3 Å². The number of ether oxygens (including phenoxy) is 4. The zero-order valence-corrected chi connectivity index (χ0v) is 45.3. The molecule has 0 fully saturated rings. The van der Waals surface area contributed by atoms with Gasteiger partial charge in [0.2, 0.25) is 0 Å². The Bertz CT molecular complexity index is 1140. The van der Waals surface area contributed by atoms with Crippen molar-refractivity contribution < 1.29 is 38.1 Å². The minimum absolute atomic E-state index is 0.0513. The number of unbranched alkanes of at least 4 members (excludes halogenated alkanes) is 20. The second kappa shape index (κ2) is 48.7. The average Bonchev–Trinajstić information content (AvgIpc) is 3.31. The highest BCUT2D eigenvalue weighted by Crippen LogP contribution is 2.22. The molecule has 0 rings (SSSR count). The molecule has 0 aromatic rings. The molecule has 0 heterocycles. The number of rotatable bonds is 50. The summed E-state index contributed by atoms with van der Waals surface area (Å²) in [6.07, 6.45) is 37.4. The maximum atomic E-state index is 13.8. The molecular formula is C57H110N2O8. The molecule has 10 heteroatoms. The fourth-order valence-electron chi connectivity index (χ4n) is 8.78. The van der Waals surface area contributed by atoms with Crippen LogP contribution in [0, 0.1) is 11.8 Å². The van der Waals surface area contributed by atoms with Gasteiger partial charge in [-0.2, -0.15) is 0 Å². The van der Waals surface area contributed by atoms with Gasteiger partial charge in [-0.1, -0.05) is 176 Å². The van der Waals surface area contributed by atoms with E-state index < -0.39 is 0 Å². The van der Waals surface area contributed by atoms with Crippen LogP contribution in [0.1, 0.15) is 272 Å². The van der Waals surface area contributed by atoms with Gasteiger partial charge in [0.1, 0.15) is 6.10 Å². The predicted molar refractivity (Wildman–Crippen MR) is 279 cm³/mol. The fraction of sp³-hybridized carbons (Fsp3) is 0.930. The minimum atomic E-state index is -0.346. The van der Waals surface area contributed by atoms with Crippen molar-refractivity contribution in [3.05, 3.63) is 0 Å².